The zero-order valence-electron chi connectivity index (χ0n) is 11.0. The molecule has 98 valence electrons. The number of benzene rings is 1. The van der Waals surface area contributed by atoms with E-state index in [9.17, 15) is 4.79 Å². The third-order valence-corrected chi connectivity index (χ3v) is 3.68. The van der Waals surface area contributed by atoms with Gasteiger partial charge >= 0.3 is 0 Å². The fourth-order valence-electron chi connectivity index (χ4n) is 2.48. The Morgan fingerprint density at radius 3 is 2.94 bits per heavy atom. The molecule has 3 nitrogen and oxygen atoms in total. The van der Waals surface area contributed by atoms with E-state index in [1.165, 1.54) is 36.0 Å². The molecule has 2 rings (SSSR count). The van der Waals surface area contributed by atoms with Crippen molar-refractivity contribution in [2.75, 3.05) is 6.54 Å². The minimum atomic E-state index is 0.00410. The van der Waals surface area contributed by atoms with Gasteiger partial charge < -0.3 is 11.1 Å². The van der Waals surface area contributed by atoms with Crippen LogP contribution in [-0.2, 0) is 24.2 Å². The van der Waals surface area contributed by atoms with Gasteiger partial charge in [-0.1, -0.05) is 25.1 Å². The molecular weight excluding hydrogens is 224 g/mol. The maximum Gasteiger partial charge on any atom is 0.223 e. The quantitative estimate of drug-likeness (QED) is 0.832. The fraction of sp³-hybridized carbons (Fsp3) is 0.533. The number of nitrogens with one attached hydrogen (secondary N) is 1. The summed E-state index contributed by atoms with van der Waals surface area (Å²) in [7, 11) is 0. The lowest BCUT2D eigenvalue weighted by atomic mass is 10.1. The minimum Gasteiger partial charge on any atom is -0.352 e. The summed E-state index contributed by atoms with van der Waals surface area (Å²) in [6.07, 6.45) is 4.39. The largest absolute Gasteiger partial charge is 0.352 e. The summed E-state index contributed by atoms with van der Waals surface area (Å²) in [5, 5.41) is 2.98. The third kappa shape index (κ3) is 3.10. The zero-order chi connectivity index (χ0) is 13.0. The first-order valence-electron chi connectivity index (χ1n) is 6.79. The van der Waals surface area contributed by atoms with Gasteiger partial charge in [0.2, 0.25) is 5.91 Å². The molecule has 0 saturated carbocycles. The molecule has 0 radical (unpaired) electrons. The molecule has 0 spiro atoms. The molecule has 18 heavy (non-hydrogen) atoms. The Morgan fingerprint density at radius 1 is 1.39 bits per heavy atom. The van der Waals surface area contributed by atoms with Gasteiger partial charge in [-0.3, -0.25) is 4.79 Å². The number of aryl methyl sites for hydroxylation is 2. The lowest BCUT2D eigenvalue weighted by Gasteiger charge is -2.11. The topological polar surface area (TPSA) is 55.1 Å². The Kier molecular flexibility index (Phi) is 4.37. The van der Waals surface area contributed by atoms with Crippen molar-refractivity contribution in [3.05, 3.63) is 34.9 Å². The molecule has 0 bridgehead atoms. The highest BCUT2D eigenvalue weighted by Gasteiger charge is 2.13. The van der Waals surface area contributed by atoms with Gasteiger partial charge in [-0.2, -0.15) is 0 Å². The second kappa shape index (κ2) is 6.01. The van der Waals surface area contributed by atoms with Crippen LogP contribution in [0.3, 0.4) is 0 Å². The third-order valence-electron chi connectivity index (χ3n) is 3.68. The Morgan fingerprint density at radius 2 is 2.17 bits per heavy atom. The molecule has 0 saturated heterocycles. The highest BCUT2D eigenvalue weighted by molar-refractivity contribution is 5.78. The predicted octanol–water partition coefficient (Wildman–Crippen LogP) is 1.78. The van der Waals surface area contributed by atoms with E-state index < -0.39 is 0 Å². The van der Waals surface area contributed by atoms with Gasteiger partial charge in [-0.15, -0.1) is 0 Å². The molecule has 1 aliphatic rings. The van der Waals surface area contributed by atoms with Crippen molar-refractivity contribution < 1.29 is 4.79 Å². The number of carbonyl (C=O) groups is 1. The van der Waals surface area contributed by atoms with Gasteiger partial charge in [-0.25, -0.2) is 0 Å². The fourth-order valence-corrected chi connectivity index (χ4v) is 2.48. The second-order valence-corrected chi connectivity index (χ2v) is 5.15. The molecule has 0 heterocycles. The van der Waals surface area contributed by atoms with Gasteiger partial charge in [0.25, 0.3) is 0 Å². The van der Waals surface area contributed by atoms with Crippen LogP contribution in [0.5, 0.6) is 0 Å². The van der Waals surface area contributed by atoms with Crippen LogP contribution in [0.4, 0.5) is 0 Å². The van der Waals surface area contributed by atoms with E-state index in [1.807, 2.05) is 6.92 Å². The summed E-state index contributed by atoms with van der Waals surface area (Å²) >= 11 is 0. The van der Waals surface area contributed by atoms with Crippen LogP contribution < -0.4 is 11.1 Å². The molecule has 1 unspecified atom stereocenters. The SMILES string of the molecule is CC(CCN)C(=O)NCc1ccc2c(c1)CCC2. The number of hydrogen-bond donors (Lipinski definition) is 2. The van der Waals surface area contributed by atoms with E-state index in [2.05, 4.69) is 23.5 Å². The average molecular weight is 246 g/mol. The van der Waals surface area contributed by atoms with Crippen molar-refractivity contribution in [2.45, 2.75) is 39.2 Å². The van der Waals surface area contributed by atoms with Crippen molar-refractivity contribution in [3.63, 3.8) is 0 Å². The van der Waals surface area contributed by atoms with Crippen molar-refractivity contribution >= 4 is 5.91 Å². The maximum absolute atomic E-state index is 11.8. The Balaban J connectivity index is 1.88. The summed E-state index contributed by atoms with van der Waals surface area (Å²) in [5.41, 5.74) is 9.58. The van der Waals surface area contributed by atoms with E-state index >= 15 is 0 Å². The van der Waals surface area contributed by atoms with Gasteiger partial charge in [-0.05, 0) is 48.9 Å². The molecule has 0 aliphatic heterocycles. The van der Waals surface area contributed by atoms with Crippen LogP contribution in [0, 0.1) is 5.92 Å². The summed E-state index contributed by atoms with van der Waals surface area (Å²) in [6, 6.07) is 6.56. The van der Waals surface area contributed by atoms with Crippen LogP contribution in [-0.4, -0.2) is 12.5 Å². The van der Waals surface area contributed by atoms with Crippen molar-refractivity contribution in [3.8, 4) is 0 Å². The number of hydrogen-bond acceptors (Lipinski definition) is 2. The summed E-state index contributed by atoms with van der Waals surface area (Å²) < 4.78 is 0. The normalized spacial score (nSPS) is 15.2. The Labute approximate surface area is 109 Å². The molecule has 3 heteroatoms. The first-order valence-corrected chi connectivity index (χ1v) is 6.79. The van der Waals surface area contributed by atoms with Crippen LogP contribution in [0.2, 0.25) is 0 Å². The van der Waals surface area contributed by atoms with Crippen molar-refractivity contribution in [1.82, 2.24) is 5.32 Å². The average Bonchev–Trinajstić information content (AvgIpc) is 2.83. The highest BCUT2D eigenvalue weighted by Crippen LogP contribution is 2.22. The first-order chi connectivity index (χ1) is 8.70. The second-order valence-electron chi connectivity index (χ2n) is 5.15. The van der Waals surface area contributed by atoms with E-state index in [1.54, 1.807) is 0 Å². The minimum absolute atomic E-state index is 0.00410. The molecule has 1 aromatic carbocycles. The number of nitrogens with two attached hydrogens (primary N) is 1. The van der Waals surface area contributed by atoms with Gasteiger partial charge in [0.1, 0.15) is 0 Å². The van der Waals surface area contributed by atoms with E-state index in [4.69, 9.17) is 5.73 Å². The molecule has 1 atom stereocenters. The Hall–Kier alpha value is -1.35. The van der Waals surface area contributed by atoms with Crippen LogP contribution in [0.25, 0.3) is 0 Å². The maximum atomic E-state index is 11.8. The molecule has 0 fully saturated rings. The summed E-state index contributed by atoms with van der Waals surface area (Å²) in [6.45, 7) is 3.11. The molecule has 0 aromatic heterocycles. The zero-order valence-corrected chi connectivity index (χ0v) is 11.0. The molecule has 1 aliphatic carbocycles. The summed E-state index contributed by atoms with van der Waals surface area (Å²) in [4.78, 5) is 11.8. The number of amides is 1. The standard InChI is InChI=1S/C15H22N2O/c1-11(7-8-16)15(18)17-10-12-5-6-13-3-2-4-14(13)9-12/h5-6,9,11H,2-4,7-8,10,16H2,1H3,(H,17,18). The molecule has 1 amide bonds. The number of fused-ring (bicyclic) bond motifs is 1. The van der Waals surface area contributed by atoms with Crippen LogP contribution >= 0.6 is 0 Å². The number of carbonyl (C=O) groups excluding carboxylic acids is 1. The first kappa shape index (κ1) is 13.1. The van der Waals surface area contributed by atoms with Gasteiger partial charge in [0.15, 0.2) is 0 Å². The molecule has 3 N–H and O–H groups in total. The van der Waals surface area contributed by atoms with Crippen molar-refractivity contribution in [1.29, 1.82) is 0 Å². The lowest BCUT2D eigenvalue weighted by molar-refractivity contribution is -0.124. The lowest BCUT2D eigenvalue weighted by Crippen LogP contribution is -2.29. The smallest absolute Gasteiger partial charge is 0.223 e. The molecular formula is C15H22N2O. The summed E-state index contributed by atoms with van der Waals surface area (Å²) in [5.74, 6) is 0.102. The monoisotopic (exact) mass is 246 g/mol. The van der Waals surface area contributed by atoms with Gasteiger partial charge in [0.05, 0.1) is 0 Å². The van der Waals surface area contributed by atoms with Crippen LogP contribution in [0.1, 0.15) is 36.5 Å². The highest BCUT2D eigenvalue weighted by atomic mass is 16.1. The molecule has 1 aromatic rings. The van der Waals surface area contributed by atoms with Crippen molar-refractivity contribution in [2.24, 2.45) is 11.7 Å². The van der Waals surface area contributed by atoms with Gasteiger partial charge in [0, 0.05) is 12.5 Å². The predicted molar refractivity (Wildman–Crippen MR) is 73.1 cm³/mol. The van der Waals surface area contributed by atoms with E-state index in [-0.39, 0.29) is 11.8 Å². The Bertz CT molecular complexity index is 429. The van der Waals surface area contributed by atoms with Crippen LogP contribution in [0.15, 0.2) is 18.2 Å². The number of rotatable bonds is 5. The van der Waals surface area contributed by atoms with E-state index in [0.29, 0.717) is 13.1 Å². The van der Waals surface area contributed by atoms with E-state index in [0.717, 1.165) is 6.42 Å².